The van der Waals surface area contributed by atoms with E-state index in [0.717, 1.165) is 12.8 Å². The molecule has 0 heterocycles. The maximum absolute atomic E-state index is 13.6. The average molecular weight is 297 g/mol. The lowest BCUT2D eigenvalue weighted by molar-refractivity contribution is 0.285. The van der Waals surface area contributed by atoms with Crippen molar-refractivity contribution in [1.29, 1.82) is 0 Å². The first-order valence-corrected chi connectivity index (χ1v) is 7.85. The standard InChI is InChI=1S/C15H20FNO2S/c1-15(2,3)20(18)17-9-12-6-7-13(16)14(8-12)19-10-11-4-5-11/h6-9,11H,4-5,10H2,1-3H3/t20-/m0/s1. The Morgan fingerprint density at radius 1 is 1.45 bits per heavy atom. The molecule has 110 valence electrons. The van der Waals surface area contributed by atoms with E-state index in [4.69, 9.17) is 4.74 Å². The summed E-state index contributed by atoms with van der Waals surface area (Å²) in [6.07, 6.45) is 3.82. The topological polar surface area (TPSA) is 44.7 Å². The van der Waals surface area contributed by atoms with Crippen LogP contribution in [0.5, 0.6) is 5.75 Å². The molecule has 1 aliphatic rings. The van der Waals surface area contributed by atoms with Gasteiger partial charge in [-0.05, 0) is 51.7 Å². The van der Waals surface area contributed by atoms with E-state index in [-0.39, 0.29) is 11.6 Å². The second kappa shape index (κ2) is 6.14. The zero-order valence-corrected chi connectivity index (χ0v) is 12.9. The normalized spacial score (nSPS) is 17.4. The molecule has 1 fully saturated rings. The Morgan fingerprint density at radius 3 is 2.75 bits per heavy atom. The average Bonchev–Trinajstić information content (AvgIpc) is 3.18. The molecular weight excluding hydrogens is 277 g/mol. The van der Waals surface area contributed by atoms with Crippen molar-refractivity contribution in [2.24, 2.45) is 10.3 Å². The lowest BCUT2D eigenvalue weighted by atomic mass is 10.2. The van der Waals surface area contributed by atoms with Crippen molar-refractivity contribution >= 4 is 17.6 Å². The lowest BCUT2D eigenvalue weighted by Gasteiger charge is -2.17. The quantitative estimate of drug-likeness (QED) is 0.617. The van der Waals surface area contributed by atoms with Gasteiger partial charge >= 0.3 is 0 Å². The van der Waals surface area contributed by atoms with E-state index in [1.807, 2.05) is 20.8 Å². The van der Waals surface area contributed by atoms with Gasteiger partial charge in [-0.25, -0.2) is 4.39 Å². The van der Waals surface area contributed by atoms with E-state index in [1.54, 1.807) is 12.1 Å². The van der Waals surface area contributed by atoms with Crippen LogP contribution in [0, 0.1) is 11.7 Å². The van der Waals surface area contributed by atoms with Gasteiger partial charge in [0.1, 0.15) is 16.1 Å². The van der Waals surface area contributed by atoms with E-state index in [2.05, 4.69) is 4.40 Å². The summed E-state index contributed by atoms with van der Waals surface area (Å²) in [5.41, 5.74) is 0.690. The fourth-order valence-corrected chi connectivity index (χ4v) is 2.00. The molecule has 1 atom stereocenters. The predicted octanol–water partition coefficient (Wildman–Crippen LogP) is 3.50. The van der Waals surface area contributed by atoms with Gasteiger partial charge in [-0.1, -0.05) is 10.5 Å². The number of hydrogen-bond acceptors (Lipinski definition) is 3. The Hall–Kier alpha value is -1.07. The van der Waals surface area contributed by atoms with Crippen LogP contribution in [0.3, 0.4) is 0 Å². The van der Waals surface area contributed by atoms with Crippen molar-refractivity contribution in [3.05, 3.63) is 29.6 Å². The minimum absolute atomic E-state index is 0.238. The Kier molecular flexibility index (Phi) is 4.70. The van der Waals surface area contributed by atoms with E-state index in [9.17, 15) is 8.94 Å². The lowest BCUT2D eigenvalue weighted by Crippen LogP contribution is -2.25. The molecule has 1 saturated carbocycles. The first kappa shape index (κ1) is 15.3. The van der Waals surface area contributed by atoms with Crippen LogP contribution in [0.1, 0.15) is 39.2 Å². The fraction of sp³-hybridized carbons (Fsp3) is 0.533. The van der Waals surface area contributed by atoms with E-state index < -0.39 is 16.1 Å². The molecule has 20 heavy (non-hydrogen) atoms. The van der Waals surface area contributed by atoms with E-state index in [0.29, 0.717) is 18.1 Å². The van der Waals surface area contributed by atoms with Gasteiger partial charge in [0.15, 0.2) is 11.6 Å². The van der Waals surface area contributed by atoms with Crippen molar-refractivity contribution in [1.82, 2.24) is 0 Å². The van der Waals surface area contributed by atoms with Crippen molar-refractivity contribution in [3.8, 4) is 5.75 Å². The molecule has 3 nitrogen and oxygen atoms in total. The van der Waals surface area contributed by atoms with Crippen molar-refractivity contribution < 1.29 is 13.7 Å². The third kappa shape index (κ3) is 4.49. The highest BCUT2D eigenvalue weighted by Gasteiger charge is 2.26. The van der Waals surface area contributed by atoms with Gasteiger partial charge in [-0.3, -0.25) is 0 Å². The number of ether oxygens (including phenoxy) is 1. The monoisotopic (exact) mass is 297 g/mol. The van der Waals surface area contributed by atoms with Crippen molar-refractivity contribution in [3.63, 3.8) is 0 Å². The predicted molar refractivity (Wildman–Crippen MR) is 80.1 cm³/mol. The summed E-state index contributed by atoms with van der Waals surface area (Å²) in [7, 11) is 0. The first-order chi connectivity index (χ1) is 9.36. The fourth-order valence-electron chi connectivity index (χ4n) is 1.47. The van der Waals surface area contributed by atoms with Gasteiger partial charge in [0.25, 0.3) is 0 Å². The molecule has 0 saturated heterocycles. The Labute approximate surface area is 122 Å². The van der Waals surface area contributed by atoms with Gasteiger partial charge in [-0.15, -0.1) is 0 Å². The summed E-state index contributed by atoms with van der Waals surface area (Å²) >= 11 is -1.32. The van der Waals surface area contributed by atoms with Gasteiger partial charge < -0.3 is 9.29 Å². The number of benzene rings is 1. The summed E-state index contributed by atoms with van der Waals surface area (Å²) in [5, 5.41) is 0. The molecule has 0 radical (unpaired) electrons. The molecule has 1 aromatic rings. The van der Waals surface area contributed by atoms with Crippen LogP contribution < -0.4 is 4.74 Å². The maximum atomic E-state index is 13.6. The zero-order chi connectivity index (χ0) is 14.8. The molecule has 0 amide bonds. The van der Waals surface area contributed by atoms with Crippen LogP contribution >= 0.6 is 0 Å². The second-order valence-corrected chi connectivity index (χ2v) is 7.97. The molecule has 0 bridgehead atoms. The number of nitrogens with zero attached hydrogens (tertiary/aromatic N) is 1. The number of halogens is 1. The molecular formula is C15H20FNO2S. The van der Waals surface area contributed by atoms with E-state index >= 15 is 0 Å². The Morgan fingerprint density at radius 2 is 2.15 bits per heavy atom. The Balaban J connectivity index is 2.04. The van der Waals surface area contributed by atoms with E-state index in [1.165, 1.54) is 12.3 Å². The Bertz CT molecular complexity index is 495. The van der Waals surface area contributed by atoms with Gasteiger partial charge in [0.05, 0.1) is 12.8 Å². The maximum Gasteiger partial charge on any atom is 0.165 e. The third-order valence-corrected chi connectivity index (χ3v) is 4.29. The summed E-state index contributed by atoms with van der Waals surface area (Å²) in [4.78, 5) is 0. The van der Waals surface area contributed by atoms with Gasteiger partial charge in [-0.2, -0.15) is 0 Å². The summed E-state index contributed by atoms with van der Waals surface area (Å²) in [5.74, 6) is 0.433. The second-order valence-electron chi connectivity index (χ2n) is 6.04. The van der Waals surface area contributed by atoms with Crippen LogP contribution in [-0.4, -0.2) is 22.1 Å². The minimum Gasteiger partial charge on any atom is -0.591 e. The molecule has 5 heteroatoms. The number of rotatable bonds is 5. The van der Waals surface area contributed by atoms with Crippen molar-refractivity contribution in [2.75, 3.05) is 6.61 Å². The molecule has 0 aromatic heterocycles. The van der Waals surface area contributed by atoms with Crippen LogP contribution in [0.15, 0.2) is 22.6 Å². The van der Waals surface area contributed by atoms with Crippen molar-refractivity contribution in [2.45, 2.75) is 38.4 Å². The van der Waals surface area contributed by atoms with Gasteiger partial charge in [0.2, 0.25) is 0 Å². The summed E-state index contributed by atoms with van der Waals surface area (Å²) in [6.45, 7) is 6.13. The van der Waals surface area contributed by atoms with Crippen LogP contribution in [0.4, 0.5) is 4.39 Å². The molecule has 1 aromatic carbocycles. The molecule has 2 rings (SSSR count). The zero-order valence-electron chi connectivity index (χ0n) is 12.1. The minimum atomic E-state index is -1.32. The highest BCUT2D eigenvalue weighted by atomic mass is 32.2. The molecule has 1 aliphatic carbocycles. The summed E-state index contributed by atoms with van der Waals surface area (Å²) in [6, 6.07) is 4.55. The number of hydrogen-bond donors (Lipinski definition) is 0. The molecule has 0 N–H and O–H groups in total. The highest BCUT2D eigenvalue weighted by Crippen LogP contribution is 2.30. The van der Waals surface area contributed by atoms with Gasteiger partial charge in [0, 0.05) is 5.56 Å². The summed E-state index contributed by atoms with van der Waals surface area (Å²) < 4.78 is 34.5. The highest BCUT2D eigenvalue weighted by molar-refractivity contribution is 7.91. The SMILES string of the molecule is CC(C)(C)[S@+]([O-])N=Cc1ccc(F)c(OCC2CC2)c1. The largest absolute Gasteiger partial charge is 0.591 e. The first-order valence-electron chi connectivity index (χ1n) is 6.74. The molecule has 0 unspecified atom stereocenters. The third-order valence-electron chi connectivity index (χ3n) is 2.95. The smallest absolute Gasteiger partial charge is 0.165 e. The molecule has 0 spiro atoms. The van der Waals surface area contributed by atoms with Crippen LogP contribution in [-0.2, 0) is 11.4 Å². The van der Waals surface area contributed by atoms with Crippen LogP contribution in [0.2, 0.25) is 0 Å². The molecule has 0 aliphatic heterocycles. The van der Waals surface area contributed by atoms with Crippen LogP contribution in [0.25, 0.3) is 0 Å².